The summed E-state index contributed by atoms with van der Waals surface area (Å²) in [6.45, 7) is 5.06. The number of nitrogens with zero attached hydrogens (tertiary/aromatic N) is 1. The van der Waals surface area contributed by atoms with Crippen LogP contribution in [0.2, 0.25) is 0 Å². The molecule has 9 heteroatoms. The van der Waals surface area contributed by atoms with Crippen molar-refractivity contribution < 1.29 is 23.1 Å². The number of hydrogen-bond donors (Lipinski definition) is 2. The molecule has 1 atom stereocenters. The number of aldehydes is 1. The summed E-state index contributed by atoms with van der Waals surface area (Å²) in [7, 11) is 0. The van der Waals surface area contributed by atoms with E-state index in [-0.39, 0.29) is 48.1 Å². The fraction of sp³-hybridized carbons (Fsp3) is 0.500. The molecule has 1 heterocycles. The molecule has 0 spiro atoms. The first kappa shape index (κ1) is 19.1. The third kappa shape index (κ3) is 3.58. The predicted octanol–water partition coefficient (Wildman–Crippen LogP) is 2.05. The monoisotopic (exact) mass is 381 g/mol. The number of hydrogen-bond acceptors (Lipinski definition) is 4. The number of carbonyl (C=O) groups excluding carboxylic acids is 2. The maximum atomic E-state index is 15.0. The van der Waals surface area contributed by atoms with Gasteiger partial charge in [-0.15, -0.1) is 0 Å². The number of amides is 1. The number of carbonyl (C=O) groups is 2. The second-order valence-electron chi connectivity index (χ2n) is 7.62. The Labute approximate surface area is 153 Å². The van der Waals surface area contributed by atoms with Crippen LogP contribution in [0, 0.1) is 17.6 Å². The number of halogens is 2. The van der Waals surface area contributed by atoms with Gasteiger partial charge in [-0.25, -0.2) is 18.4 Å². The summed E-state index contributed by atoms with van der Waals surface area (Å²) < 4.78 is 35.8. The van der Waals surface area contributed by atoms with Crippen molar-refractivity contribution in [1.29, 1.82) is 0 Å². The average Bonchev–Trinajstić information content (AvgIpc) is 3.13. The summed E-state index contributed by atoms with van der Waals surface area (Å²) >= 11 is 0. The van der Waals surface area contributed by atoms with Crippen molar-refractivity contribution in [2.75, 3.05) is 6.54 Å². The van der Waals surface area contributed by atoms with Crippen LogP contribution in [0.15, 0.2) is 4.79 Å². The van der Waals surface area contributed by atoms with E-state index in [1.807, 2.05) is 0 Å². The van der Waals surface area contributed by atoms with Gasteiger partial charge in [0.1, 0.15) is 22.9 Å². The summed E-state index contributed by atoms with van der Waals surface area (Å²) in [5.41, 5.74) is -1.49. The van der Waals surface area contributed by atoms with Gasteiger partial charge >= 0.3 is 11.8 Å². The minimum Gasteiger partial charge on any atom is -0.444 e. The van der Waals surface area contributed by atoms with E-state index in [9.17, 15) is 23.2 Å². The lowest BCUT2D eigenvalue weighted by Crippen LogP contribution is -2.35. The lowest BCUT2D eigenvalue weighted by Gasteiger charge is -2.19. The quantitative estimate of drug-likeness (QED) is 0.793. The molecule has 7 nitrogen and oxygen atoms in total. The molecule has 1 aliphatic rings. The normalized spacial score (nSPS) is 16.4. The largest absolute Gasteiger partial charge is 0.444 e. The molecule has 2 N–H and O–H groups in total. The number of fused-ring (bicyclic) bond motifs is 2. The molecule has 0 radical (unpaired) electrons. The third-order valence-electron chi connectivity index (χ3n) is 4.43. The zero-order chi connectivity index (χ0) is 19.9. The van der Waals surface area contributed by atoms with Crippen LogP contribution in [0.25, 0.3) is 11.0 Å². The Bertz CT molecular complexity index is 972. The van der Waals surface area contributed by atoms with E-state index < -0.39 is 34.9 Å². The molecule has 1 amide bonds. The van der Waals surface area contributed by atoms with E-state index in [2.05, 4.69) is 10.3 Å². The second kappa shape index (κ2) is 6.79. The van der Waals surface area contributed by atoms with E-state index in [1.54, 1.807) is 20.8 Å². The summed E-state index contributed by atoms with van der Waals surface area (Å²) in [6.07, 6.45) is 0.236. The van der Waals surface area contributed by atoms with Gasteiger partial charge < -0.3 is 19.8 Å². The maximum Gasteiger partial charge on any atom is 0.407 e. The topological polar surface area (TPSA) is 93.2 Å². The van der Waals surface area contributed by atoms with Gasteiger partial charge in [0.2, 0.25) is 0 Å². The molecular weight excluding hydrogens is 360 g/mol. The molecule has 0 aliphatic heterocycles. The van der Waals surface area contributed by atoms with Crippen molar-refractivity contribution in [3.05, 3.63) is 33.2 Å². The van der Waals surface area contributed by atoms with E-state index in [0.717, 1.165) is 4.57 Å². The maximum absolute atomic E-state index is 15.0. The first-order valence-corrected chi connectivity index (χ1v) is 8.65. The second-order valence-corrected chi connectivity index (χ2v) is 7.62. The lowest BCUT2D eigenvalue weighted by atomic mass is 10.1. The molecule has 1 aromatic carbocycles. The van der Waals surface area contributed by atoms with E-state index in [4.69, 9.17) is 4.74 Å². The highest BCUT2D eigenvalue weighted by Gasteiger charge is 2.31. The number of nitrogens with one attached hydrogen (secondary N) is 2. The van der Waals surface area contributed by atoms with Gasteiger partial charge in [0.25, 0.3) is 0 Å². The van der Waals surface area contributed by atoms with Crippen LogP contribution < -0.4 is 11.0 Å². The minimum absolute atomic E-state index is 0.00310. The molecule has 0 bridgehead atoms. The lowest BCUT2D eigenvalue weighted by molar-refractivity contribution is -0.110. The Hall–Kier alpha value is -2.71. The van der Waals surface area contributed by atoms with Crippen LogP contribution in [0.5, 0.6) is 0 Å². The Kier molecular flexibility index (Phi) is 4.79. The van der Waals surface area contributed by atoms with E-state index in [0.29, 0.717) is 6.29 Å². The van der Waals surface area contributed by atoms with Crippen molar-refractivity contribution in [3.8, 4) is 0 Å². The number of aromatic amines is 1. The summed E-state index contributed by atoms with van der Waals surface area (Å²) in [5.74, 6) is -1.88. The Morgan fingerprint density at radius 1 is 1.30 bits per heavy atom. The molecular formula is C18H21F2N3O4. The van der Waals surface area contributed by atoms with E-state index >= 15 is 0 Å². The minimum atomic E-state index is -0.707. The molecule has 1 aliphatic carbocycles. The SMILES string of the molecule is CC(C)(C)OC(=O)NCCn1c(=O)[nH]c2c(F)c3c(c(F)c21)CC(C=O)C3. The standard InChI is InChI=1S/C18H21F2N3O4/c1-18(2,3)27-17(26)21-4-5-23-15-13(20)11-7-9(8-24)6-10(11)12(19)14(15)22-16(23)25/h8-9H,4-7H2,1-3H3,(H,21,26)(H,22,25). The first-order valence-electron chi connectivity index (χ1n) is 8.65. The van der Waals surface area contributed by atoms with Crippen LogP contribution in [0.4, 0.5) is 13.6 Å². The van der Waals surface area contributed by atoms with Crippen LogP contribution in [-0.2, 0) is 28.9 Å². The Balaban J connectivity index is 1.88. The molecule has 0 fully saturated rings. The molecule has 1 aromatic heterocycles. The molecule has 146 valence electrons. The fourth-order valence-electron chi connectivity index (χ4n) is 3.33. The van der Waals surface area contributed by atoms with Crippen molar-refractivity contribution in [2.24, 2.45) is 5.92 Å². The number of alkyl carbamates (subject to hydrolysis) is 1. The van der Waals surface area contributed by atoms with Crippen LogP contribution in [0.3, 0.4) is 0 Å². The summed E-state index contributed by atoms with van der Waals surface area (Å²) in [6, 6.07) is 0. The van der Waals surface area contributed by atoms with Crippen molar-refractivity contribution in [3.63, 3.8) is 0 Å². The number of benzene rings is 1. The number of imidazole rings is 1. The average molecular weight is 381 g/mol. The molecule has 1 unspecified atom stereocenters. The van der Waals surface area contributed by atoms with Crippen molar-refractivity contribution in [2.45, 2.75) is 45.8 Å². The highest BCUT2D eigenvalue weighted by Crippen LogP contribution is 2.34. The van der Waals surface area contributed by atoms with Gasteiger partial charge in [-0.2, -0.15) is 0 Å². The molecule has 27 heavy (non-hydrogen) atoms. The van der Waals surface area contributed by atoms with Gasteiger partial charge in [0, 0.05) is 19.0 Å². The van der Waals surface area contributed by atoms with Crippen LogP contribution in [0.1, 0.15) is 31.9 Å². The molecule has 3 rings (SSSR count). The molecule has 0 saturated carbocycles. The Morgan fingerprint density at radius 2 is 1.93 bits per heavy atom. The van der Waals surface area contributed by atoms with Crippen LogP contribution >= 0.6 is 0 Å². The number of aromatic nitrogens is 2. The zero-order valence-electron chi connectivity index (χ0n) is 15.3. The first-order chi connectivity index (χ1) is 12.6. The van der Waals surface area contributed by atoms with Crippen LogP contribution in [-0.4, -0.2) is 34.1 Å². The highest BCUT2D eigenvalue weighted by atomic mass is 19.1. The van der Waals surface area contributed by atoms with E-state index in [1.165, 1.54) is 0 Å². The van der Waals surface area contributed by atoms with Gasteiger partial charge in [-0.05, 0) is 44.7 Å². The van der Waals surface area contributed by atoms with Crippen molar-refractivity contribution >= 4 is 23.4 Å². The number of H-pyrrole nitrogens is 1. The smallest absolute Gasteiger partial charge is 0.407 e. The van der Waals surface area contributed by atoms with Gasteiger partial charge in [0.15, 0.2) is 11.6 Å². The summed E-state index contributed by atoms with van der Waals surface area (Å²) in [4.78, 5) is 37.2. The summed E-state index contributed by atoms with van der Waals surface area (Å²) in [5, 5.41) is 2.47. The highest BCUT2D eigenvalue weighted by molar-refractivity contribution is 5.80. The molecule has 0 saturated heterocycles. The number of ether oxygens (including phenoxy) is 1. The Morgan fingerprint density at radius 3 is 2.52 bits per heavy atom. The van der Waals surface area contributed by atoms with Gasteiger partial charge in [-0.1, -0.05) is 0 Å². The number of rotatable bonds is 4. The molecule has 2 aromatic rings. The van der Waals surface area contributed by atoms with Gasteiger partial charge in [-0.3, -0.25) is 4.57 Å². The fourth-order valence-corrected chi connectivity index (χ4v) is 3.33. The predicted molar refractivity (Wildman–Crippen MR) is 93.7 cm³/mol. The third-order valence-corrected chi connectivity index (χ3v) is 4.43. The van der Waals surface area contributed by atoms with Crippen molar-refractivity contribution in [1.82, 2.24) is 14.9 Å². The van der Waals surface area contributed by atoms with Gasteiger partial charge in [0.05, 0.1) is 0 Å². The zero-order valence-corrected chi connectivity index (χ0v) is 15.3.